The molecule has 3 rings (SSSR count). The molecule has 0 saturated carbocycles. The smallest absolute Gasteiger partial charge is 0.347 e. The third-order valence-electron chi connectivity index (χ3n) is 3.90. The van der Waals surface area contributed by atoms with E-state index in [9.17, 15) is 18.0 Å². The first-order chi connectivity index (χ1) is 12.3. The van der Waals surface area contributed by atoms with Gasteiger partial charge in [-0.2, -0.15) is 18.3 Å². The van der Waals surface area contributed by atoms with Crippen LogP contribution in [0.4, 0.5) is 13.2 Å². The van der Waals surface area contributed by atoms with E-state index >= 15 is 0 Å². The Morgan fingerprint density at radius 2 is 1.73 bits per heavy atom. The number of hydrogen-bond donors (Lipinski definition) is 2. The molecule has 0 radical (unpaired) electrons. The van der Waals surface area contributed by atoms with Crippen molar-refractivity contribution in [2.75, 3.05) is 0 Å². The van der Waals surface area contributed by atoms with Crippen molar-refractivity contribution in [1.82, 2.24) is 15.5 Å². The van der Waals surface area contributed by atoms with Gasteiger partial charge in [0, 0.05) is 12.1 Å². The zero-order valence-corrected chi connectivity index (χ0v) is 13.9. The van der Waals surface area contributed by atoms with Crippen molar-refractivity contribution in [2.24, 2.45) is 0 Å². The zero-order chi connectivity index (χ0) is 18.7. The number of halogens is 3. The van der Waals surface area contributed by atoms with E-state index in [0.717, 1.165) is 23.3 Å². The highest BCUT2D eigenvalue weighted by Crippen LogP contribution is 2.29. The Kier molecular flexibility index (Phi) is 4.79. The quantitative estimate of drug-likeness (QED) is 0.728. The number of nitrogens with zero attached hydrogens (tertiary/aromatic N) is 1. The maximum atomic E-state index is 12.5. The predicted molar refractivity (Wildman–Crippen MR) is 91.4 cm³/mol. The molecule has 0 saturated heterocycles. The Hall–Kier alpha value is -3.09. The molecule has 0 bridgehead atoms. The van der Waals surface area contributed by atoms with Gasteiger partial charge in [0.1, 0.15) is 5.69 Å². The fourth-order valence-electron chi connectivity index (χ4n) is 2.40. The second kappa shape index (κ2) is 7.03. The molecule has 0 aliphatic carbocycles. The van der Waals surface area contributed by atoms with E-state index in [-0.39, 0.29) is 18.1 Å². The molecule has 0 aliphatic heterocycles. The van der Waals surface area contributed by atoms with Gasteiger partial charge in [0.2, 0.25) is 0 Å². The lowest BCUT2D eigenvalue weighted by Crippen LogP contribution is -2.23. The van der Waals surface area contributed by atoms with Crippen LogP contribution in [0.2, 0.25) is 0 Å². The van der Waals surface area contributed by atoms with Gasteiger partial charge in [-0.15, -0.1) is 0 Å². The minimum atomic E-state index is -4.37. The molecule has 0 aliphatic rings. The maximum absolute atomic E-state index is 12.5. The average molecular weight is 359 g/mol. The van der Waals surface area contributed by atoms with Crippen LogP contribution in [-0.4, -0.2) is 16.1 Å². The molecular weight excluding hydrogens is 343 g/mol. The molecule has 4 nitrogen and oxygen atoms in total. The van der Waals surface area contributed by atoms with Crippen molar-refractivity contribution in [3.8, 4) is 11.3 Å². The van der Waals surface area contributed by atoms with Gasteiger partial charge in [-0.05, 0) is 30.7 Å². The fraction of sp³-hybridized carbons (Fsp3) is 0.158. The van der Waals surface area contributed by atoms with Crippen LogP contribution in [0.15, 0.2) is 54.6 Å². The molecule has 1 heterocycles. The van der Waals surface area contributed by atoms with Crippen molar-refractivity contribution in [1.29, 1.82) is 0 Å². The number of aromatic amines is 1. The lowest BCUT2D eigenvalue weighted by atomic mass is 10.1. The number of aryl methyl sites for hydroxylation is 1. The van der Waals surface area contributed by atoms with Crippen LogP contribution >= 0.6 is 0 Å². The number of alkyl halides is 3. The van der Waals surface area contributed by atoms with Gasteiger partial charge in [-0.1, -0.05) is 42.0 Å². The van der Waals surface area contributed by atoms with E-state index in [1.165, 1.54) is 12.1 Å². The van der Waals surface area contributed by atoms with Gasteiger partial charge >= 0.3 is 6.18 Å². The molecule has 1 amide bonds. The summed E-state index contributed by atoms with van der Waals surface area (Å²) in [6.07, 6.45) is -4.37. The molecule has 0 unspecified atom stereocenters. The van der Waals surface area contributed by atoms with E-state index in [2.05, 4.69) is 15.5 Å². The number of H-pyrrole nitrogens is 1. The van der Waals surface area contributed by atoms with Crippen LogP contribution in [-0.2, 0) is 12.7 Å². The number of benzene rings is 2. The maximum Gasteiger partial charge on any atom is 0.416 e. The van der Waals surface area contributed by atoms with Gasteiger partial charge in [-0.3, -0.25) is 9.89 Å². The number of carbonyl (C=O) groups excluding carboxylic acids is 1. The normalized spacial score (nSPS) is 11.4. The highest BCUT2D eigenvalue weighted by molar-refractivity contribution is 5.93. The lowest BCUT2D eigenvalue weighted by molar-refractivity contribution is -0.137. The second-order valence-corrected chi connectivity index (χ2v) is 5.91. The minimum Gasteiger partial charge on any atom is -0.347 e. The molecule has 3 aromatic rings. The molecule has 2 aromatic carbocycles. The topological polar surface area (TPSA) is 57.8 Å². The number of carbonyl (C=O) groups is 1. The molecular formula is C19H16F3N3O. The van der Waals surface area contributed by atoms with Crippen molar-refractivity contribution in [3.63, 3.8) is 0 Å². The number of amides is 1. The molecule has 0 fully saturated rings. The SMILES string of the molecule is Cc1ccc(-c2cc(C(=O)NCc3ccc(C(F)(F)F)cc3)[nH]n2)cc1. The van der Waals surface area contributed by atoms with Gasteiger partial charge in [-0.25, -0.2) is 0 Å². The Labute approximate surface area is 148 Å². The van der Waals surface area contributed by atoms with E-state index < -0.39 is 11.7 Å². The van der Waals surface area contributed by atoms with Crippen molar-refractivity contribution < 1.29 is 18.0 Å². The molecule has 2 N–H and O–H groups in total. The summed E-state index contributed by atoms with van der Waals surface area (Å²) in [5.74, 6) is -0.379. The lowest BCUT2D eigenvalue weighted by Gasteiger charge is -2.08. The summed E-state index contributed by atoms with van der Waals surface area (Å²) in [5.41, 5.74) is 2.79. The molecule has 134 valence electrons. The van der Waals surface area contributed by atoms with Gasteiger partial charge < -0.3 is 5.32 Å². The first kappa shape index (κ1) is 17.7. The van der Waals surface area contributed by atoms with Crippen LogP contribution in [0, 0.1) is 6.92 Å². The van der Waals surface area contributed by atoms with Gasteiger partial charge in [0.25, 0.3) is 5.91 Å². The number of nitrogens with one attached hydrogen (secondary N) is 2. The largest absolute Gasteiger partial charge is 0.416 e. The summed E-state index contributed by atoms with van der Waals surface area (Å²) < 4.78 is 37.6. The molecule has 1 aromatic heterocycles. The highest BCUT2D eigenvalue weighted by Gasteiger charge is 2.29. The van der Waals surface area contributed by atoms with E-state index in [4.69, 9.17) is 0 Å². The molecule has 0 spiro atoms. The summed E-state index contributed by atoms with van der Waals surface area (Å²) in [7, 11) is 0. The Bertz CT molecular complexity index is 897. The first-order valence-corrected chi connectivity index (χ1v) is 7.90. The zero-order valence-electron chi connectivity index (χ0n) is 13.9. The standard InChI is InChI=1S/C19H16F3N3O/c1-12-2-6-14(7-3-12)16-10-17(25-24-16)18(26)23-11-13-4-8-15(9-5-13)19(20,21)22/h2-10H,11H2,1H3,(H,23,26)(H,24,25). The van der Waals surface area contributed by atoms with Crippen LogP contribution in [0.3, 0.4) is 0 Å². The summed E-state index contributed by atoms with van der Waals surface area (Å²) >= 11 is 0. The Morgan fingerprint density at radius 3 is 2.35 bits per heavy atom. The first-order valence-electron chi connectivity index (χ1n) is 7.90. The van der Waals surface area contributed by atoms with E-state index in [1.54, 1.807) is 6.07 Å². The summed E-state index contributed by atoms with van der Waals surface area (Å²) in [5, 5.41) is 9.45. The second-order valence-electron chi connectivity index (χ2n) is 5.91. The Balaban J connectivity index is 1.63. The predicted octanol–water partition coefficient (Wildman–Crippen LogP) is 4.33. The van der Waals surface area contributed by atoms with E-state index in [0.29, 0.717) is 11.3 Å². The van der Waals surface area contributed by atoms with Gasteiger partial charge in [0.05, 0.1) is 11.3 Å². The Morgan fingerprint density at radius 1 is 1.08 bits per heavy atom. The number of rotatable bonds is 4. The van der Waals surface area contributed by atoms with Crippen LogP contribution < -0.4 is 5.32 Å². The van der Waals surface area contributed by atoms with Crippen LogP contribution in [0.1, 0.15) is 27.2 Å². The minimum absolute atomic E-state index is 0.121. The summed E-state index contributed by atoms with van der Waals surface area (Å²) in [4.78, 5) is 12.2. The summed E-state index contributed by atoms with van der Waals surface area (Å²) in [6.45, 7) is 2.10. The highest BCUT2D eigenvalue weighted by atomic mass is 19.4. The van der Waals surface area contributed by atoms with Crippen molar-refractivity contribution in [2.45, 2.75) is 19.6 Å². The fourth-order valence-corrected chi connectivity index (χ4v) is 2.40. The van der Waals surface area contributed by atoms with Crippen LogP contribution in [0.25, 0.3) is 11.3 Å². The van der Waals surface area contributed by atoms with E-state index in [1.807, 2.05) is 31.2 Å². The average Bonchev–Trinajstić information content (AvgIpc) is 3.10. The van der Waals surface area contributed by atoms with Crippen molar-refractivity contribution in [3.05, 3.63) is 77.0 Å². The third-order valence-corrected chi connectivity index (χ3v) is 3.90. The van der Waals surface area contributed by atoms with Crippen molar-refractivity contribution >= 4 is 5.91 Å². The monoisotopic (exact) mass is 359 g/mol. The third kappa shape index (κ3) is 4.11. The number of hydrogen-bond acceptors (Lipinski definition) is 2. The van der Waals surface area contributed by atoms with Gasteiger partial charge in [0.15, 0.2) is 0 Å². The summed E-state index contributed by atoms with van der Waals surface area (Å²) in [6, 6.07) is 14.0. The molecule has 26 heavy (non-hydrogen) atoms. The number of aromatic nitrogens is 2. The molecule has 0 atom stereocenters. The molecule has 7 heteroatoms. The van der Waals surface area contributed by atoms with Crippen LogP contribution in [0.5, 0.6) is 0 Å².